The van der Waals surface area contributed by atoms with Gasteiger partial charge in [0.2, 0.25) is 0 Å². The van der Waals surface area contributed by atoms with Crippen molar-refractivity contribution in [2.24, 2.45) is 4.99 Å². The predicted molar refractivity (Wildman–Crippen MR) is 122 cm³/mol. The summed E-state index contributed by atoms with van der Waals surface area (Å²) in [5, 5.41) is 0.545. The Morgan fingerprint density at radius 2 is 1.71 bits per heavy atom. The molecule has 1 aliphatic heterocycles. The van der Waals surface area contributed by atoms with Gasteiger partial charge in [0.15, 0.2) is 0 Å². The lowest BCUT2D eigenvalue weighted by Crippen LogP contribution is -2.36. The molecule has 4 rings (SSSR count). The summed E-state index contributed by atoms with van der Waals surface area (Å²) in [4.78, 5) is 31.9. The quantitative estimate of drug-likeness (QED) is 0.551. The third-order valence-corrected chi connectivity index (χ3v) is 5.36. The maximum Gasteiger partial charge on any atom is 0.308 e. The van der Waals surface area contributed by atoms with Crippen molar-refractivity contribution < 1.29 is 14.3 Å². The zero-order valence-electron chi connectivity index (χ0n) is 17.0. The maximum atomic E-state index is 13.2. The molecule has 0 radical (unpaired) electrons. The Kier molecular flexibility index (Phi) is 6.14. The number of benzodiazepines with no additional fused rings is 1. The fourth-order valence-corrected chi connectivity index (χ4v) is 3.70. The van der Waals surface area contributed by atoms with Crippen LogP contribution >= 0.6 is 11.6 Å². The Morgan fingerprint density at radius 3 is 2.42 bits per heavy atom. The average molecular weight is 433 g/mol. The standard InChI is InChI=1S/C25H21ClN2O3/c1-28-22-13-12-19(26)14-20(22)24(18-10-6-3-7-11-18)27-21(25(28)30)15-23(29)31-16-17-8-4-2-5-9-17/h2-14,21H,15-16H2,1H3/t21-/m0/s1. The highest BCUT2D eigenvalue weighted by Gasteiger charge is 2.32. The van der Waals surface area contributed by atoms with Gasteiger partial charge in [-0.2, -0.15) is 0 Å². The van der Waals surface area contributed by atoms with Crippen LogP contribution in [0.25, 0.3) is 0 Å². The predicted octanol–water partition coefficient (Wildman–Crippen LogP) is 4.66. The number of amides is 1. The van der Waals surface area contributed by atoms with Gasteiger partial charge in [0.05, 0.1) is 17.8 Å². The second-order valence-corrected chi connectivity index (χ2v) is 7.71. The number of halogens is 1. The highest BCUT2D eigenvalue weighted by atomic mass is 35.5. The minimum absolute atomic E-state index is 0.145. The average Bonchev–Trinajstić information content (AvgIpc) is 2.89. The van der Waals surface area contributed by atoms with E-state index in [4.69, 9.17) is 21.3 Å². The molecular weight excluding hydrogens is 412 g/mol. The monoisotopic (exact) mass is 432 g/mol. The van der Waals surface area contributed by atoms with E-state index in [0.717, 1.165) is 16.7 Å². The Balaban J connectivity index is 1.65. The van der Waals surface area contributed by atoms with Crippen molar-refractivity contribution in [1.29, 1.82) is 0 Å². The van der Waals surface area contributed by atoms with E-state index in [1.165, 1.54) is 4.90 Å². The topological polar surface area (TPSA) is 59.0 Å². The number of aliphatic imine (C=N–C) groups is 1. The van der Waals surface area contributed by atoms with Crippen molar-refractivity contribution in [1.82, 2.24) is 0 Å². The van der Waals surface area contributed by atoms with E-state index in [2.05, 4.69) is 0 Å². The second kappa shape index (κ2) is 9.14. The third-order valence-electron chi connectivity index (χ3n) is 5.13. The van der Waals surface area contributed by atoms with Crippen LogP contribution in [-0.2, 0) is 20.9 Å². The summed E-state index contributed by atoms with van der Waals surface area (Å²) in [6, 6.07) is 23.4. The zero-order valence-corrected chi connectivity index (χ0v) is 17.8. The number of likely N-dealkylation sites (N-methyl/N-ethyl adjacent to an activating group) is 1. The first kappa shape index (κ1) is 20.8. The number of benzene rings is 3. The highest BCUT2D eigenvalue weighted by Crippen LogP contribution is 2.30. The van der Waals surface area contributed by atoms with Gasteiger partial charge < -0.3 is 9.64 Å². The number of carbonyl (C=O) groups is 2. The Bertz CT molecular complexity index is 1130. The summed E-state index contributed by atoms with van der Waals surface area (Å²) >= 11 is 6.25. The van der Waals surface area contributed by atoms with E-state index in [-0.39, 0.29) is 18.9 Å². The summed E-state index contributed by atoms with van der Waals surface area (Å²) in [5.74, 6) is -0.748. The lowest BCUT2D eigenvalue weighted by atomic mass is 10.0. The van der Waals surface area contributed by atoms with Crippen molar-refractivity contribution >= 4 is 34.9 Å². The first-order valence-corrected chi connectivity index (χ1v) is 10.3. The molecule has 1 aliphatic rings. The van der Waals surface area contributed by atoms with E-state index >= 15 is 0 Å². The van der Waals surface area contributed by atoms with E-state index in [9.17, 15) is 9.59 Å². The minimum atomic E-state index is -0.894. The molecule has 0 aliphatic carbocycles. The van der Waals surface area contributed by atoms with Gasteiger partial charge in [-0.25, -0.2) is 0 Å². The molecule has 1 atom stereocenters. The number of rotatable bonds is 5. The van der Waals surface area contributed by atoms with Crippen molar-refractivity contribution in [2.75, 3.05) is 11.9 Å². The van der Waals surface area contributed by atoms with Crippen LogP contribution in [0.2, 0.25) is 5.02 Å². The largest absolute Gasteiger partial charge is 0.461 e. The van der Waals surface area contributed by atoms with Gasteiger partial charge >= 0.3 is 5.97 Å². The van der Waals surface area contributed by atoms with Gasteiger partial charge in [-0.3, -0.25) is 14.6 Å². The Hall–Kier alpha value is -3.44. The van der Waals surface area contributed by atoms with Crippen LogP contribution in [-0.4, -0.2) is 30.7 Å². The fourth-order valence-electron chi connectivity index (χ4n) is 3.53. The molecule has 0 bridgehead atoms. The summed E-state index contributed by atoms with van der Waals surface area (Å²) in [5.41, 5.74) is 3.79. The molecule has 0 saturated carbocycles. The van der Waals surface area contributed by atoms with E-state index in [0.29, 0.717) is 16.4 Å². The third kappa shape index (κ3) is 4.67. The molecule has 0 saturated heterocycles. The smallest absolute Gasteiger partial charge is 0.308 e. The molecule has 5 nitrogen and oxygen atoms in total. The first-order chi connectivity index (χ1) is 15.0. The van der Waals surface area contributed by atoms with Crippen LogP contribution < -0.4 is 4.90 Å². The molecule has 0 fully saturated rings. The van der Waals surface area contributed by atoms with Crippen LogP contribution in [0.15, 0.2) is 83.9 Å². The lowest BCUT2D eigenvalue weighted by molar-refractivity contribution is -0.146. The normalized spacial score (nSPS) is 15.7. The number of nitrogens with zero attached hydrogens (tertiary/aromatic N) is 2. The molecule has 0 N–H and O–H groups in total. The Labute approximate surface area is 185 Å². The van der Waals surface area contributed by atoms with Crippen LogP contribution in [0, 0.1) is 0 Å². The summed E-state index contributed by atoms with van der Waals surface area (Å²) < 4.78 is 5.39. The summed E-state index contributed by atoms with van der Waals surface area (Å²) in [6.45, 7) is 0.154. The number of hydrogen-bond acceptors (Lipinski definition) is 4. The maximum absolute atomic E-state index is 13.2. The van der Waals surface area contributed by atoms with Crippen molar-refractivity contribution in [3.63, 3.8) is 0 Å². The number of ether oxygens (including phenoxy) is 1. The number of carbonyl (C=O) groups excluding carboxylic acids is 2. The van der Waals surface area contributed by atoms with Crippen molar-refractivity contribution in [2.45, 2.75) is 19.1 Å². The molecular formula is C25H21ClN2O3. The van der Waals surface area contributed by atoms with E-state index < -0.39 is 12.0 Å². The van der Waals surface area contributed by atoms with Gasteiger partial charge in [0.1, 0.15) is 12.6 Å². The molecule has 3 aromatic rings. The zero-order chi connectivity index (χ0) is 21.8. The first-order valence-electron chi connectivity index (χ1n) is 9.93. The van der Waals surface area contributed by atoms with Crippen LogP contribution in [0.3, 0.4) is 0 Å². The summed E-state index contributed by atoms with van der Waals surface area (Å²) in [7, 11) is 1.68. The second-order valence-electron chi connectivity index (χ2n) is 7.27. The van der Waals surface area contributed by atoms with Gasteiger partial charge in [0, 0.05) is 23.2 Å². The molecule has 6 heteroatoms. The SMILES string of the molecule is CN1C(=O)[C@H](CC(=O)OCc2ccccc2)N=C(c2ccccc2)c2cc(Cl)ccc21. The highest BCUT2D eigenvalue weighted by molar-refractivity contribution is 6.32. The molecule has 0 spiro atoms. The van der Waals surface area contributed by atoms with E-state index in [1.807, 2.05) is 60.7 Å². The van der Waals surface area contributed by atoms with Crippen LogP contribution in [0.5, 0.6) is 0 Å². The molecule has 0 aromatic heterocycles. The van der Waals surface area contributed by atoms with Crippen LogP contribution in [0.1, 0.15) is 23.1 Å². The van der Waals surface area contributed by atoms with Crippen LogP contribution in [0.4, 0.5) is 5.69 Å². The minimum Gasteiger partial charge on any atom is -0.461 e. The van der Waals surface area contributed by atoms with Gasteiger partial charge in [-0.05, 0) is 23.8 Å². The van der Waals surface area contributed by atoms with Gasteiger partial charge in [0.25, 0.3) is 5.91 Å². The molecule has 31 heavy (non-hydrogen) atoms. The Morgan fingerprint density at radius 1 is 1.03 bits per heavy atom. The number of hydrogen-bond donors (Lipinski definition) is 0. The number of anilines is 1. The van der Waals surface area contributed by atoms with Gasteiger partial charge in [-0.15, -0.1) is 0 Å². The fraction of sp³-hybridized carbons (Fsp3) is 0.160. The molecule has 0 unspecified atom stereocenters. The molecule has 156 valence electrons. The molecule has 1 amide bonds. The number of esters is 1. The summed E-state index contributed by atoms with van der Waals surface area (Å²) in [6.07, 6.45) is -0.145. The molecule has 3 aromatic carbocycles. The van der Waals surface area contributed by atoms with Gasteiger partial charge in [-0.1, -0.05) is 72.3 Å². The van der Waals surface area contributed by atoms with Crippen molar-refractivity contribution in [3.8, 4) is 0 Å². The lowest BCUT2D eigenvalue weighted by Gasteiger charge is -2.20. The number of fused-ring (bicyclic) bond motifs is 1. The van der Waals surface area contributed by atoms with E-state index in [1.54, 1.807) is 25.2 Å². The molecule has 1 heterocycles. The van der Waals surface area contributed by atoms with Crippen molar-refractivity contribution in [3.05, 3.63) is 101 Å².